The molecule has 0 aliphatic heterocycles. The topological polar surface area (TPSA) is 66.9 Å². The number of rotatable bonds is 3. The van der Waals surface area contributed by atoms with Crippen LogP contribution in [0.4, 0.5) is 10.1 Å². The Labute approximate surface area is 112 Å². The van der Waals surface area contributed by atoms with Crippen molar-refractivity contribution in [3.63, 3.8) is 0 Å². The van der Waals surface area contributed by atoms with Crippen molar-refractivity contribution in [2.24, 2.45) is 0 Å². The van der Waals surface area contributed by atoms with Crippen LogP contribution >= 0.6 is 0 Å². The van der Waals surface area contributed by atoms with E-state index in [4.69, 9.17) is 11.0 Å². The quantitative estimate of drug-likeness (QED) is 0.875. The van der Waals surface area contributed by atoms with Gasteiger partial charge >= 0.3 is 0 Å². The Morgan fingerprint density at radius 2 is 2.00 bits per heavy atom. The minimum Gasteiger partial charge on any atom is -0.399 e. The third-order valence-electron chi connectivity index (χ3n) is 2.58. The maximum absolute atomic E-state index is 13.2. The lowest BCUT2D eigenvalue weighted by molar-refractivity contribution is 0.623. The molecule has 2 aromatic rings. The molecule has 2 aromatic carbocycles. The number of nitrogens with two attached hydrogens (primary N) is 1. The third kappa shape index (κ3) is 3.18. The minimum absolute atomic E-state index is 0.159. The summed E-state index contributed by atoms with van der Waals surface area (Å²) in [6.45, 7) is 0. The number of nitrogen functional groups attached to an aromatic ring is 1. The van der Waals surface area contributed by atoms with E-state index in [1.54, 1.807) is 24.3 Å². The first-order valence-electron chi connectivity index (χ1n) is 5.52. The average molecular weight is 274 g/mol. The Morgan fingerprint density at radius 1 is 1.26 bits per heavy atom. The van der Waals surface area contributed by atoms with Gasteiger partial charge in [0, 0.05) is 10.6 Å². The van der Waals surface area contributed by atoms with Gasteiger partial charge in [-0.15, -0.1) is 0 Å². The molecule has 0 fully saturated rings. The minimum atomic E-state index is -1.44. The molecule has 96 valence electrons. The Hall–Kier alpha value is -2.19. The summed E-state index contributed by atoms with van der Waals surface area (Å²) in [5, 5.41) is 8.96. The molecule has 0 saturated carbocycles. The van der Waals surface area contributed by atoms with Gasteiger partial charge in [0.15, 0.2) is 0 Å². The molecule has 19 heavy (non-hydrogen) atoms. The second-order valence-electron chi connectivity index (χ2n) is 3.98. The molecule has 0 heterocycles. The Morgan fingerprint density at radius 3 is 2.68 bits per heavy atom. The van der Waals surface area contributed by atoms with Crippen LogP contribution in [0, 0.1) is 17.1 Å². The highest BCUT2D eigenvalue weighted by atomic mass is 32.2. The maximum atomic E-state index is 13.2. The van der Waals surface area contributed by atoms with Crippen LogP contribution in [0.5, 0.6) is 0 Å². The van der Waals surface area contributed by atoms with Crippen LogP contribution < -0.4 is 5.73 Å². The largest absolute Gasteiger partial charge is 0.399 e. The number of anilines is 1. The molecule has 0 bridgehead atoms. The molecule has 2 rings (SSSR count). The molecule has 5 heteroatoms. The fourth-order valence-electron chi connectivity index (χ4n) is 1.70. The third-order valence-corrected chi connectivity index (χ3v) is 3.92. The molecule has 0 spiro atoms. The molecule has 0 aliphatic carbocycles. The number of hydrogen-bond acceptors (Lipinski definition) is 3. The molecular formula is C14H11FN2OS. The number of nitriles is 1. The highest BCUT2D eigenvalue weighted by molar-refractivity contribution is 7.84. The monoisotopic (exact) mass is 274 g/mol. The first-order chi connectivity index (χ1) is 9.10. The standard InChI is InChI=1S/C14H11FN2OS/c15-12-5-13(17)7-14(6-12)19(18)9-11-4-2-1-3-10(11)8-16/h1-7H,9,17H2. The van der Waals surface area contributed by atoms with Crippen LogP contribution in [0.2, 0.25) is 0 Å². The molecule has 2 N–H and O–H groups in total. The van der Waals surface area contributed by atoms with Crippen LogP contribution in [0.15, 0.2) is 47.4 Å². The zero-order chi connectivity index (χ0) is 13.8. The van der Waals surface area contributed by atoms with Crippen molar-refractivity contribution < 1.29 is 8.60 Å². The SMILES string of the molecule is N#Cc1ccccc1CS(=O)c1cc(N)cc(F)c1. The second kappa shape index (κ2) is 5.63. The summed E-state index contributed by atoms with van der Waals surface area (Å²) in [7, 11) is -1.44. The molecule has 0 radical (unpaired) electrons. The predicted molar refractivity (Wildman–Crippen MR) is 72.1 cm³/mol. The van der Waals surface area contributed by atoms with Crippen molar-refractivity contribution in [3.05, 3.63) is 59.4 Å². The lowest BCUT2D eigenvalue weighted by Gasteiger charge is -2.05. The Bertz CT molecular complexity index is 659. The number of hydrogen-bond donors (Lipinski definition) is 1. The van der Waals surface area contributed by atoms with E-state index in [0.29, 0.717) is 16.0 Å². The van der Waals surface area contributed by atoms with Gasteiger partial charge in [-0.3, -0.25) is 4.21 Å². The van der Waals surface area contributed by atoms with Gasteiger partial charge in [-0.2, -0.15) is 5.26 Å². The highest BCUT2D eigenvalue weighted by Crippen LogP contribution is 2.18. The molecule has 0 aliphatic rings. The zero-order valence-electron chi connectivity index (χ0n) is 9.97. The molecule has 0 amide bonds. The van der Waals surface area contributed by atoms with Crippen LogP contribution in [0.1, 0.15) is 11.1 Å². The molecular weight excluding hydrogens is 263 g/mol. The van der Waals surface area contributed by atoms with Crippen molar-refractivity contribution >= 4 is 16.5 Å². The van der Waals surface area contributed by atoms with E-state index in [-0.39, 0.29) is 11.4 Å². The van der Waals surface area contributed by atoms with E-state index in [1.807, 2.05) is 6.07 Å². The fraction of sp³-hybridized carbons (Fsp3) is 0.0714. The normalized spacial score (nSPS) is 11.8. The Kier molecular flexibility index (Phi) is 3.93. The summed E-state index contributed by atoms with van der Waals surface area (Å²) in [6, 6.07) is 12.8. The van der Waals surface area contributed by atoms with Crippen molar-refractivity contribution in [1.29, 1.82) is 5.26 Å². The van der Waals surface area contributed by atoms with Gasteiger partial charge in [0.2, 0.25) is 0 Å². The van der Waals surface area contributed by atoms with E-state index >= 15 is 0 Å². The van der Waals surface area contributed by atoms with Gasteiger partial charge in [0.25, 0.3) is 0 Å². The van der Waals surface area contributed by atoms with Crippen molar-refractivity contribution in [1.82, 2.24) is 0 Å². The second-order valence-corrected chi connectivity index (χ2v) is 5.43. The van der Waals surface area contributed by atoms with E-state index in [0.717, 1.165) is 0 Å². The van der Waals surface area contributed by atoms with E-state index in [9.17, 15) is 8.60 Å². The van der Waals surface area contributed by atoms with Gasteiger partial charge in [-0.25, -0.2) is 4.39 Å². The molecule has 0 aromatic heterocycles. The summed E-state index contributed by atoms with van der Waals surface area (Å²) in [4.78, 5) is 0.324. The van der Waals surface area contributed by atoms with E-state index < -0.39 is 16.6 Å². The highest BCUT2D eigenvalue weighted by Gasteiger charge is 2.10. The molecule has 1 atom stereocenters. The summed E-state index contributed by atoms with van der Waals surface area (Å²) in [5.74, 6) is -0.357. The predicted octanol–water partition coefficient (Wildman–Crippen LogP) is 2.59. The van der Waals surface area contributed by atoms with Crippen LogP contribution in [0.25, 0.3) is 0 Å². The van der Waals surface area contributed by atoms with Gasteiger partial charge in [-0.05, 0) is 29.8 Å². The summed E-state index contributed by atoms with van der Waals surface area (Å²) in [5.41, 5.74) is 6.90. The zero-order valence-corrected chi connectivity index (χ0v) is 10.8. The molecule has 0 saturated heterocycles. The van der Waals surface area contributed by atoms with Crippen LogP contribution in [-0.4, -0.2) is 4.21 Å². The smallest absolute Gasteiger partial charge is 0.126 e. The summed E-state index contributed by atoms with van der Waals surface area (Å²) >= 11 is 0. The fourth-order valence-corrected chi connectivity index (χ4v) is 2.91. The molecule has 3 nitrogen and oxygen atoms in total. The lowest BCUT2D eigenvalue weighted by Crippen LogP contribution is -2.00. The van der Waals surface area contributed by atoms with Crippen molar-refractivity contribution in [2.45, 2.75) is 10.6 Å². The first kappa shape index (κ1) is 13.2. The van der Waals surface area contributed by atoms with Gasteiger partial charge < -0.3 is 5.73 Å². The molecule has 1 unspecified atom stereocenters. The van der Waals surface area contributed by atoms with Crippen LogP contribution in [-0.2, 0) is 16.6 Å². The van der Waals surface area contributed by atoms with Gasteiger partial charge in [-0.1, -0.05) is 18.2 Å². The number of nitrogens with zero attached hydrogens (tertiary/aromatic N) is 1. The first-order valence-corrected chi connectivity index (χ1v) is 6.84. The number of benzene rings is 2. The summed E-state index contributed by atoms with van der Waals surface area (Å²) < 4.78 is 25.4. The van der Waals surface area contributed by atoms with Gasteiger partial charge in [0.1, 0.15) is 5.82 Å². The van der Waals surface area contributed by atoms with E-state index in [1.165, 1.54) is 18.2 Å². The average Bonchev–Trinajstić information content (AvgIpc) is 2.38. The number of halogens is 1. The summed E-state index contributed by atoms with van der Waals surface area (Å²) in [6.07, 6.45) is 0. The lowest BCUT2D eigenvalue weighted by atomic mass is 10.1. The van der Waals surface area contributed by atoms with Gasteiger partial charge in [0.05, 0.1) is 28.2 Å². The van der Waals surface area contributed by atoms with Crippen LogP contribution in [0.3, 0.4) is 0 Å². The maximum Gasteiger partial charge on any atom is 0.126 e. The van der Waals surface area contributed by atoms with Crippen molar-refractivity contribution in [2.75, 3.05) is 5.73 Å². The Balaban J connectivity index is 2.29. The van der Waals surface area contributed by atoms with E-state index in [2.05, 4.69) is 0 Å². The van der Waals surface area contributed by atoms with Crippen molar-refractivity contribution in [3.8, 4) is 6.07 Å².